The zero-order chi connectivity index (χ0) is 13.8. The molecule has 0 aliphatic carbocycles. The molecule has 0 saturated heterocycles. The third kappa shape index (κ3) is 3.39. The molecule has 2 rings (SSSR count). The van der Waals surface area contributed by atoms with E-state index < -0.39 is 5.97 Å². The molecule has 100 valence electrons. The van der Waals surface area contributed by atoms with Gasteiger partial charge in [0.25, 0.3) is 0 Å². The van der Waals surface area contributed by atoms with Crippen LogP contribution in [0, 0.1) is 6.92 Å². The molecule has 2 heterocycles. The maximum Gasteiger partial charge on any atom is 0.339 e. The highest BCUT2D eigenvalue weighted by Crippen LogP contribution is 2.24. The van der Waals surface area contributed by atoms with Gasteiger partial charge in [0.15, 0.2) is 0 Å². The highest BCUT2D eigenvalue weighted by Gasteiger charge is 2.17. The number of anilines is 1. The van der Waals surface area contributed by atoms with E-state index in [4.69, 9.17) is 5.11 Å². The molecule has 5 nitrogen and oxygen atoms in total. The Hall–Kier alpha value is -1.73. The lowest BCUT2D eigenvalue weighted by Gasteiger charge is -2.04. The topological polar surface area (TPSA) is 82.2 Å². The molecular weight excluding hydrogens is 284 g/mol. The summed E-state index contributed by atoms with van der Waals surface area (Å²) < 4.78 is 1.05. The Kier molecular flexibility index (Phi) is 4.28. The second kappa shape index (κ2) is 5.94. The number of aryl methyl sites for hydroxylation is 1. The summed E-state index contributed by atoms with van der Waals surface area (Å²) in [4.78, 5) is 25.6. The van der Waals surface area contributed by atoms with Crippen LogP contribution in [0.25, 0.3) is 0 Å². The molecule has 0 atom stereocenters. The van der Waals surface area contributed by atoms with Crippen LogP contribution in [0.1, 0.15) is 16.1 Å². The number of amides is 1. The maximum atomic E-state index is 11.8. The van der Waals surface area contributed by atoms with E-state index >= 15 is 0 Å². The van der Waals surface area contributed by atoms with Crippen molar-refractivity contribution in [2.24, 2.45) is 0 Å². The summed E-state index contributed by atoms with van der Waals surface area (Å²) in [5.41, 5.74) is 0.935. The molecule has 2 aromatic heterocycles. The van der Waals surface area contributed by atoms with Gasteiger partial charge in [-0.2, -0.15) is 0 Å². The average Bonchev–Trinajstić information content (AvgIpc) is 2.96. The van der Waals surface area contributed by atoms with E-state index in [0.717, 1.165) is 4.21 Å². The average molecular weight is 296 g/mol. The molecule has 0 radical (unpaired) electrons. The van der Waals surface area contributed by atoms with Crippen LogP contribution in [0.3, 0.4) is 0 Å². The summed E-state index contributed by atoms with van der Waals surface area (Å²) in [5, 5.41) is 13.6. The minimum atomic E-state index is -1.06. The second-order valence-electron chi connectivity index (χ2n) is 3.78. The van der Waals surface area contributed by atoms with Crippen LogP contribution >= 0.6 is 23.1 Å². The van der Waals surface area contributed by atoms with Crippen molar-refractivity contribution in [2.75, 3.05) is 11.1 Å². The fourth-order valence-electron chi connectivity index (χ4n) is 1.57. The molecule has 7 heteroatoms. The molecule has 0 bridgehead atoms. The number of hydrogen-bond acceptors (Lipinski definition) is 4. The van der Waals surface area contributed by atoms with Gasteiger partial charge >= 0.3 is 5.97 Å². The summed E-state index contributed by atoms with van der Waals surface area (Å²) in [5.74, 6) is -1.02. The van der Waals surface area contributed by atoms with Crippen molar-refractivity contribution in [1.29, 1.82) is 0 Å². The summed E-state index contributed by atoms with van der Waals surface area (Å²) in [6, 6.07) is 3.86. The van der Waals surface area contributed by atoms with Crippen molar-refractivity contribution >= 4 is 40.7 Å². The van der Waals surface area contributed by atoms with Crippen LogP contribution in [0.5, 0.6) is 0 Å². The van der Waals surface area contributed by atoms with Crippen molar-refractivity contribution < 1.29 is 14.7 Å². The normalized spacial score (nSPS) is 10.4. The maximum absolute atomic E-state index is 11.8. The van der Waals surface area contributed by atoms with Gasteiger partial charge in [-0.1, -0.05) is 6.07 Å². The van der Waals surface area contributed by atoms with Gasteiger partial charge in [0.1, 0.15) is 5.56 Å². The molecule has 0 aromatic carbocycles. The molecule has 1 amide bonds. The van der Waals surface area contributed by atoms with E-state index in [2.05, 4.69) is 10.3 Å². The first kappa shape index (κ1) is 13.7. The number of carboxylic acids is 1. The first-order chi connectivity index (χ1) is 9.08. The Labute approximate surface area is 118 Å². The molecule has 0 aliphatic rings. The van der Waals surface area contributed by atoms with Crippen molar-refractivity contribution in [3.8, 4) is 0 Å². The van der Waals surface area contributed by atoms with E-state index in [1.54, 1.807) is 18.3 Å². The van der Waals surface area contributed by atoms with Crippen molar-refractivity contribution in [2.45, 2.75) is 11.1 Å². The third-order valence-corrected chi connectivity index (χ3v) is 4.54. The molecule has 0 aliphatic heterocycles. The van der Waals surface area contributed by atoms with E-state index in [1.807, 2.05) is 17.5 Å². The van der Waals surface area contributed by atoms with Crippen molar-refractivity contribution in [3.05, 3.63) is 35.0 Å². The fraction of sp³-hybridized carbons (Fsp3) is 0.167. The van der Waals surface area contributed by atoms with E-state index in [1.165, 1.54) is 18.0 Å². The van der Waals surface area contributed by atoms with Gasteiger partial charge < -0.3 is 15.4 Å². The van der Waals surface area contributed by atoms with Gasteiger partial charge in [0.2, 0.25) is 5.91 Å². The number of rotatable bonds is 5. The Morgan fingerprint density at radius 2 is 2.32 bits per heavy atom. The molecule has 3 N–H and O–H groups in total. The Bertz CT molecular complexity index is 590. The minimum absolute atomic E-state index is 0.106. The van der Waals surface area contributed by atoms with E-state index in [-0.39, 0.29) is 17.2 Å². The van der Waals surface area contributed by atoms with Gasteiger partial charge in [0, 0.05) is 11.9 Å². The summed E-state index contributed by atoms with van der Waals surface area (Å²) in [6.45, 7) is 1.65. The van der Waals surface area contributed by atoms with Crippen LogP contribution in [-0.4, -0.2) is 27.7 Å². The van der Waals surface area contributed by atoms with Gasteiger partial charge in [-0.3, -0.25) is 4.79 Å². The molecule has 0 saturated carbocycles. The van der Waals surface area contributed by atoms with Crippen LogP contribution in [0.4, 0.5) is 5.69 Å². The molecule has 19 heavy (non-hydrogen) atoms. The molecule has 2 aromatic rings. The smallest absolute Gasteiger partial charge is 0.339 e. The minimum Gasteiger partial charge on any atom is -0.478 e. The van der Waals surface area contributed by atoms with Crippen LogP contribution in [0.15, 0.2) is 27.9 Å². The first-order valence-electron chi connectivity index (χ1n) is 5.45. The molecule has 0 spiro atoms. The lowest BCUT2D eigenvalue weighted by molar-refractivity contribution is -0.113. The lowest BCUT2D eigenvalue weighted by atomic mass is 10.2. The largest absolute Gasteiger partial charge is 0.478 e. The number of thiophene rings is 1. The number of nitrogens with one attached hydrogen (secondary N) is 2. The van der Waals surface area contributed by atoms with Gasteiger partial charge in [-0.15, -0.1) is 23.1 Å². The zero-order valence-corrected chi connectivity index (χ0v) is 11.7. The molecule has 0 unspecified atom stereocenters. The number of H-pyrrole nitrogens is 1. The van der Waals surface area contributed by atoms with Crippen molar-refractivity contribution in [3.63, 3.8) is 0 Å². The summed E-state index contributed by atoms with van der Waals surface area (Å²) >= 11 is 2.99. The summed E-state index contributed by atoms with van der Waals surface area (Å²) in [7, 11) is 0. The van der Waals surface area contributed by atoms with Gasteiger partial charge in [0.05, 0.1) is 15.6 Å². The number of carboxylic acid groups (broad SMARTS) is 1. The van der Waals surface area contributed by atoms with Gasteiger partial charge in [-0.25, -0.2) is 4.79 Å². The highest BCUT2D eigenvalue weighted by molar-refractivity contribution is 8.01. The number of aromatic nitrogens is 1. The first-order valence-corrected chi connectivity index (χ1v) is 7.32. The van der Waals surface area contributed by atoms with Crippen LogP contribution < -0.4 is 5.32 Å². The standard InChI is InChI=1S/C12H12N2O3S2/c1-7-11(12(16)17)8(5-13-7)14-9(15)6-19-10-3-2-4-18-10/h2-5,13H,6H2,1H3,(H,14,15)(H,16,17). The second-order valence-corrected chi connectivity index (χ2v) is 6.00. The summed E-state index contributed by atoms with van der Waals surface area (Å²) in [6.07, 6.45) is 1.49. The quantitative estimate of drug-likeness (QED) is 0.741. The Balaban J connectivity index is 1.97. The van der Waals surface area contributed by atoms with Gasteiger partial charge in [-0.05, 0) is 18.4 Å². The highest BCUT2D eigenvalue weighted by atomic mass is 32.2. The predicted octanol–water partition coefficient (Wildman–Crippen LogP) is 2.81. The van der Waals surface area contributed by atoms with Crippen LogP contribution in [0.2, 0.25) is 0 Å². The predicted molar refractivity (Wildman–Crippen MR) is 76.2 cm³/mol. The number of carbonyl (C=O) groups is 2. The van der Waals surface area contributed by atoms with E-state index in [0.29, 0.717) is 11.4 Å². The zero-order valence-electron chi connectivity index (χ0n) is 10.1. The lowest BCUT2D eigenvalue weighted by Crippen LogP contribution is -2.15. The number of thioether (sulfide) groups is 1. The fourth-order valence-corrected chi connectivity index (χ4v) is 3.15. The number of aromatic amines is 1. The Morgan fingerprint density at radius 3 is 2.95 bits per heavy atom. The number of carbonyl (C=O) groups excluding carboxylic acids is 1. The number of hydrogen-bond donors (Lipinski definition) is 3. The van der Waals surface area contributed by atoms with Crippen LogP contribution in [-0.2, 0) is 4.79 Å². The number of aromatic carboxylic acids is 1. The Morgan fingerprint density at radius 1 is 1.53 bits per heavy atom. The van der Waals surface area contributed by atoms with E-state index in [9.17, 15) is 9.59 Å². The third-order valence-electron chi connectivity index (χ3n) is 2.41. The SMILES string of the molecule is Cc1[nH]cc(NC(=O)CSc2cccs2)c1C(=O)O. The van der Waals surface area contributed by atoms with Crippen molar-refractivity contribution in [1.82, 2.24) is 4.98 Å². The molecular formula is C12H12N2O3S2. The monoisotopic (exact) mass is 296 g/mol. The molecule has 0 fully saturated rings.